The van der Waals surface area contributed by atoms with E-state index in [0.29, 0.717) is 0 Å². The number of fused-ring (bicyclic) bond motifs is 6. The zero-order valence-corrected chi connectivity index (χ0v) is 18.0. The number of benzene rings is 4. The summed E-state index contributed by atoms with van der Waals surface area (Å²) in [7, 11) is 1.72. The van der Waals surface area contributed by atoms with Crippen LogP contribution in [0.15, 0.2) is 82.6 Å². The van der Waals surface area contributed by atoms with Crippen LogP contribution in [0.2, 0.25) is 0 Å². The number of rotatable bonds is 1. The highest BCUT2D eigenvalue weighted by Gasteiger charge is 2.08. The summed E-state index contributed by atoms with van der Waals surface area (Å²) in [4.78, 5) is 0. The van der Waals surface area contributed by atoms with Crippen molar-refractivity contribution < 1.29 is 9.15 Å². The van der Waals surface area contributed by atoms with Crippen molar-refractivity contribution in [2.75, 3.05) is 7.11 Å². The van der Waals surface area contributed by atoms with Crippen LogP contribution in [0.3, 0.4) is 0 Å². The Hall–Kier alpha value is -3.30. The lowest BCUT2D eigenvalue weighted by Gasteiger charge is -2.07. The second-order valence-electron chi connectivity index (χ2n) is 7.46. The summed E-state index contributed by atoms with van der Waals surface area (Å²) in [5, 5.41) is 8.37. The van der Waals surface area contributed by atoms with Gasteiger partial charge in [0, 0.05) is 26.2 Å². The molecule has 0 saturated heterocycles. The number of furan rings is 1. The summed E-state index contributed by atoms with van der Waals surface area (Å²) in [5.41, 5.74) is 4.49. The van der Waals surface area contributed by atoms with Crippen molar-refractivity contribution in [2.45, 2.75) is 13.8 Å². The molecule has 148 valence electrons. The van der Waals surface area contributed by atoms with Gasteiger partial charge in [-0.1, -0.05) is 48.5 Å². The molecule has 0 amide bonds. The summed E-state index contributed by atoms with van der Waals surface area (Å²) in [6.07, 6.45) is 0. The SMILES string of the molecule is COc1cccc2c1cc(C)c1sccc12.Cc1cccc2c1oc1ccccc12. The first-order chi connectivity index (χ1) is 14.7. The van der Waals surface area contributed by atoms with E-state index < -0.39 is 0 Å². The van der Waals surface area contributed by atoms with Crippen LogP contribution in [0.25, 0.3) is 42.8 Å². The molecule has 0 aliphatic carbocycles. The van der Waals surface area contributed by atoms with Crippen LogP contribution in [-0.4, -0.2) is 7.11 Å². The van der Waals surface area contributed by atoms with E-state index in [0.717, 1.165) is 16.9 Å². The molecule has 2 heterocycles. The van der Waals surface area contributed by atoms with Gasteiger partial charge in [0.1, 0.15) is 16.9 Å². The van der Waals surface area contributed by atoms with Crippen molar-refractivity contribution in [1.82, 2.24) is 0 Å². The quantitative estimate of drug-likeness (QED) is 0.272. The molecule has 0 spiro atoms. The number of ether oxygens (including phenoxy) is 1. The van der Waals surface area contributed by atoms with Crippen LogP contribution in [0, 0.1) is 13.8 Å². The molecule has 0 saturated carbocycles. The molecule has 3 heteroatoms. The highest BCUT2D eigenvalue weighted by atomic mass is 32.1. The average Bonchev–Trinajstić information content (AvgIpc) is 3.41. The largest absolute Gasteiger partial charge is 0.496 e. The molecule has 6 aromatic rings. The molecule has 0 aliphatic heterocycles. The molecule has 2 nitrogen and oxygen atoms in total. The predicted molar refractivity (Wildman–Crippen MR) is 129 cm³/mol. The Morgan fingerprint density at radius 1 is 0.700 bits per heavy atom. The first-order valence-corrected chi connectivity index (χ1v) is 10.9. The lowest BCUT2D eigenvalue weighted by molar-refractivity contribution is 0.420. The third-order valence-corrected chi connectivity index (χ3v) is 6.61. The minimum atomic E-state index is 0.953. The van der Waals surface area contributed by atoms with E-state index in [-0.39, 0.29) is 0 Å². The summed E-state index contributed by atoms with van der Waals surface area (Å²) in [6, 6.07) is 25.0. The van der Waals surface area contributed by atoms with Gasteiger partial charge in [0.15, 0.2) is 0 Å². The second kappa shape index (κ2) is 7.51. The maximum atomic E-state index is 5.78. The first-order valence-electron chi connectivity index (χ1n) is 9.98. The third-order valence-electron chi connectivity index (χ3n) is 5.56. The molecular weight excluding hydrogens is 388 g/mol. The van der Waals surface area contributed by atoms with Crippen LogP contribution in [0.4, 0.5) is 0 Å². The van der Waals surface area contributed by atoms with Crippen molar-refractivity contribution in [1.29, 1.82) is 0 Å². The molecule has 6 rings (SSSR count). The maximum Gasteiger partial charge on any atom is 0.138 e. The van der Waals surface area contributed by atoms with Crippen LogP contribution in [0.1, 0.15) is 11.1 Å². The van der Waals surface area contributed by atoms with E-state index in [1.54, 1.807) is 18.4 Å². The minimum Gasteiger partial charge on any atom is -0.496 e. The van der Waals surface area contributed by atoms with Crippen molar-refractivity contribution >= 4 is 54.1 Å². The van der Waals surface area contributed by atoms with Crippen LogP contribution in [-0.2, 0) is 0 Å². The van der Waals surface area contributed by atoms with Gasteiger partial charge >= 0.3 is 0 Å². The van der Waals surface area contributed by atoms with E-state index in [1.165, 1.54) is 42.8 Å². The Balaban J connectivity index is 0.000000130. The van der Waals surface area contributed by atoms with E-state index in [1.807, 2.05) is 30.3 Å². The number of para-hydroxylation sites is 2. The highest BCUT2D eigenvalue weighted by Crippen LogP contribution is 2.36. The minimum absolute atomic E-state index is 0.953. The molecule has 30 heavy (non-hydrogen) atoms. The summed E-state index contributed by atoms with van der Waals surface area (Å²) in [5.74, 6) is 0.953. The molecule has 0 fully saturated rings. The lowest BCUT2D eigenvalue weighted by atomic mass is 10.0. The number of hydrogen-bond donors (Lipinski definition) is 0. The Kier molecular flexibility index (Phi) is 4.68. The van der Waals surface area contributed by atoms with Crippen molar-refractivity contribution in [2.24, 2.45) is 0 Å². The Labute approximate surface area is 179 Å². The highest BCUT2D eigenvalue weighted by molar-refractivity contribution is 7.17. The van der Waals surface area contributed by atoms with Gasteiger partial charge < -0.3 is 9.15 Å². The fraction of sp³-hybridized carbons (Fsp3) is 0.111. The molecule has 4 aromatic carbocycles. The Morgan fingerprint density at radius 3 is 2.33 bits per heavy atom. The normalized spacial score (nSPS) is 11.2. The molecule has 0 aliphatic rings. The van der Waals surface area contributed by atoms with Crippen LogP contribution < -0.4 is 4.74 Å². The van der Waals surface area contributed by atoms with Gasteiger partial charge in [-0.15, -0.1) is 11.3 Å². The molecule has 2 aromatic heterocycles. The number of aryl methyl sites for hydroxylation is 2. The van der Waals surface area contributed by atoms with Crippen LogP contribution in [0.5, 0.6) is 5.75 Å². The van der Waals surface area contributed by atoms with Gasteiger partial charge in [0.05, 0.1) is 7.11 Å². The third kappa shape index (κ3) is 3.03. The van der Waals surface area contributed by atoms with Crippen molar-refractivity contribution in [3.63, 3.8) is 0 Å². The van der Waals surface area contributed by atoms with Crippen molar-refractivity contribution in [3.05, 3.63) is 89.3 Å². The van der Waals surface area contributed by atoms with Gasteiger partial charge in [-0.05, 0) is 60.0 Å². The van der Waals surface area contributed by atoms with E-state index in [4.69, 9.17) is 9.15 Å². The average molecular weight is 411 g/mol. The zero-order chi connectivity index (χ0) is 20.7. The molecule has 0 bridgehead atoms. The fourth-order valence-electron chi connectivity index (χ4n) is 4.10. The van der Waals surface area contributed by atoms with Crippen LogP contribution >= 0.6 is 11.3 Å². The summed E-state index contributed by atoms with van der Waals surface area (Å²) < 4.78 is 12.6. The number of methoxy groups -OCH3 is 1. The topological polar surface area (TPSA) is 22.4 Å². The number of hydrogen-bond acceptors (Lipinski definition) is 3. The molecule has 0 radical (unpaired) electrons. The van der Waals surface area contributed by atoms with Gasteiger partial charge in [-0.3, -0.25) is 0 Å². The molecular formula is C27H22O2S. The second-order valence-corrected chi connectivity index (χ2v) is 8.38. The lowest BCUT2D eigenvalue weighted by Crippen LogP contribution is -1.85. The summed E-state index contributed by atoms with van der Waals surface area (Å²) >= 11 is 1.80. The maximum absolute atomic E-state index is 5.78. The molecule has 0 atom stereocenters. The predicted octanol–water partition coefficient (Wildman–Crippen LogP) is 8.27. The van der Waals surface area contributed by atoms with E-state index >= 15 is 0 Å². The molecule has 0 N–H and O–H groups in total. The van der Waals surface area contributed by atoms with Crippen molar-refractivity contribution in [3.8, 4) is 5.75 Å². The first kappa shape index (κ1) is 18.7. The van der Waals surface area contributed by atoms with Gasteiger partial charge in [0.25, 0.3) is 0 Å². The van der Waals surface area contributed by atoms with Gasteiger partial charge in [-0.2, -0.15) is 0 Å². The Morgan fingerprint density at radius 2 is 1.47 bits per heavy atom. The monoisotopic (exact) mass is 410 g/mol. The van der Waals surface area contributed by atoms with Gasteiger partial charge in [-0.25, -0.2) is 0 Å². The van der Waals surface area contributed by atoms with Gasteiger partial charge in [0.2, 0.25) is 0 Å². The molecule has 0 unspecified atom stereocenters. The standard InChI is InChI=1S/C14H12OS.C13H10O/c1-9-8-12-10(4-3-5-13(12)15-2)11-6-7-16-14(9)11;1-9-5-4-7-11-10-6-2-3-8-12(10)14-13(9)11/h3-8H,1-2H3;2-8H,1H3. The summed E-state index contributed by atoms with van der Waals surface area (Å²) in [6.45, 7) is 4.23. The smallest absolute Gasteiger partial charge is 0.138 e. The van der Waals surface area contributed by atoms with E-state index in [9.17, 15) is 0 Å². The number of thiophene rings is 1. The van der Waals surface area contributed by atoms with E-state index in [2.05, 4.69) is 61.7 Å². The fourth-order valence-corrected chi connectivity index (χ4v) is 4.99. The zero-order valence-electron chi connectivity index (χ0n) is 17.2. The Bertz CT molecular complexity index is 1500.